The number of rotatable bonds is 7. The quantitative estimate of drug-likeness (QED) is 0.491. The first-order chi connectivity index (χ1) is 16.3. The standard InChI is InChI=1S/C22H28N6O5S/c1-15-12-16(2)28(25-15)20-13-19(23-14-24-20)26-8-10-27(11-9-26)34(29,30)18-7-6-17(31-3)21(32-4)22(18)33-5/h6-7,12-14H,8-11H2,1-5H3. The molecule has 0 amide bonds. The molecule has 0 spiro atoms. The van der Waals surface area contributed by atoms with Gasteiger partial charge in [-0.15, -0.1) is 0 Å². The molecule has 12 heteroatoms. The number of benzene rings is 1. The van der Waals surface area contributed by atoms with Crippen molar-refractivity contribution >= 4 is 15.8 Å². The Morgan fingerprint density at radius 3 is 2.12 bits per heavy atom. The molecule has 4 rings (SSSR count). The molecule has 1 saturated heterocycles. The average molecular weight is 489 g/mol. The molecule has 0 bridgehead atoms. The normalized spacial score (nSPS) is 14.8. The van der Waals surface area contributed by atoms with E-state index in [1.165, 1.54) is 38.0 Å². The first-order valence-electron chi connectivity index (χ1n) is 10.7. The fourth-order valence-corrected chi connectivity index (χ4v) is 5.63. The first-order valence-corrected chi connectivity index (χ1v) is 12.1. The summed E-state index contributed by atoms with van der Waals surface area (Å²) in [5.41, 5.74) is 1.88. The Bertz CT molecular complexity index is 1280. The lowest BCUT2D eigenvalue weighted by Crippen LogP contribution is -2.49. The highest BCUT2D eigenvalue weighted by Crippen LogP contribution is 2.42. The van der Waals surface area contributed by atoms with Crippen LogP contribution in [0.25, 0.3) is 5.82 Å². The lowest BCUT2D eigenvalue weighted by atomic mass is 10.3. The van der Waals surface area contributed by atoms with Gasteiger partial charge >= 0.3 is 0 Å². The summed E-state index contributed by atoms with van der Waals surface area (Å²) in [5, 5.41) is 4.48. The molecule has 2 aromatic heterocycles. The van der Waals surface area contributed by atoms with Gasteiger partial charge in [-0.2, -0.15) is 9.40 Å². The second kappa shape index (κ2) is 9.47. The number of piperazine rings is 1. The van der Waals surface area contributed by atoms with E-state index in [1.807, 2.05) is 30.9 Å². The van der Waals surface area contributed by atoms with Crippen LogP contribution >= 0.6 is 0 Å². The van der Waals surface area contributed by atoms with Gasteiger partial charge in [-0.3, -0.25) is 0 Å². The summed E-state index contributed by atoms with van der Waals surface area (Å²) in [6, 6.07) is 6.88. The van der Waals surface area contributed by atoms with E-state index in [2.05, 4.69) is 15.1 Å². The SMILES string of the molecule is COc1ccc(S(=O)(=O)N2CCN(c3cc(-n4nc(C)cc4C)ncn3)CC2)c(OC)c1OC. The van der Waals surface area contributed by atoms with Gasteiger partial charge in [-0.1, -0.05) is 0 Å². The molecular formula is C22H28N6O5S. The minimum Gasteiger partial charge on any atom is -0.493 e. The highest BCUT2D eigenvalue weighted by Gasteiger charge is 2.33. The maximum atomic E-state index is 13.5. The molecule has 182 valence electrons. The van der Waals surface area contributed by atoms with Crippen LogP contribution in [-0.4, -0.2) is 80.0 Å². The van der Waals surface area contributed by atoms with E-state index in [0.29, 0.717) is 37.7 Å². The predicted molar refractivity (Wildman–Crippen MR) is 126 cm³/mol. The van der Waals surface area contributed by atoms with Crippen molar-refractivity contribution in [2.45, 2.75) is 18.7 Å². The smallest absolute Gasteiger partial charge is 0.247 e. The van der Waals surface area contributed by atoms with Gasteiger partial charge < -0.3 is 19.1 Å². The van der Waals surface area contributed by atoms with E-state index in [1.54, 1.807) is 10.7 Å². The fourth-order valence-electron chi connectivity index (χ4n) is 4.06. The van der Waals surface area contributed by atoms with Crippen molar-refractivity contribution in [3.8, 4) is 23.1 Å². The van der Waals surface area contributed by atoms with Crippen molar-refractivity contribution in [1.82, 2.24) is 24.1 Å². The van der Waals surface area contributed by atoms with Gasteiger partial charge in [0.1, 0.15) is 17.0 Å². The van der Waals surface area contributed by atoms with Gasteiger partial charge in [0.05, 0.1) is 27.0 Å². The lowest BCUT2D eigenvalue weighted by Gasteiger charge is -2.35. The molecule has 0 unspecified atom stereocenters. The number of aromatic nitrogens is 4. The summed E-state index contributed by atoms with van der Waals surface area (Å²) in [6.07, 6.45) is 1.50. The topological polar surface area (TPSA) is 112 Å². The average Bonchev–Trinajstić information content (AvgIpc) is 3.20. The Morgan fingerprint density at radius 2 is 1.53 bits per heavy atom. The van der Waals surface area contributed by atoms with E-state index in [4.69, 9.17) is 14.2 Å². The molecule has 0 saturated carbocycles. The fraction of sp³-hybridized carbons (Fsp3) is 0.409. The lowest BCUT2D eigenvalue weighted by molar-refractivity contribution is 0.316. The molecule has 3 heterocycles. The van der Waals surface area contributed by atoms with Crippen LogP contribution in [0.5, 0.6) is 17.2 Å². The number of ether oxygens (including phenoxy) is 3. The van der Waals surface area contributed by atoms with Crippen molar-refractivity contribution in [3.63, 3.8) is 0 Å². The van der Waals surface area contributed by atoms with E-state index in [9.17, 15) is 8.42 Å². The number of anilines is 1. The number of sulfonamides is 1. The third-order valence-electron chi connectivity index (χ3n) is 5.71. The second-order valence-corrected chi connectivity index (χ2v) is 9.70. The number of nitrogens with zero attached hydrogens (tertiary/aromatic N) is 6. The van der Waals surface area contributed by atoms with Gasteiger partial charge in [0.15, 0.2) is 17.3 Å². The van der Waals surface area contributed by atoms with Crippen molar-refractivity contribution in [2.75, 3.05) is 52.4 Å². The van der Waals surface area contributed by atoms with Crippen LogP contribution in [0.4, 0.5) is 5.82 Å². The second-order valence-electron chi connectivity index (χ2n) is 7.80. The summed E-state index contributed by atoms with van der Waals surface area (Å²) < 4.78 is 46.1. The summed E-state index contributed by atoms with van der Waals surface area (Å²) in [5.74, 6) is 2.14. The summed E-state index contributed by atoms with van der Waals surface area (Å²) in [6.45, 7) is 5.43. The molecule has 1 aromatic carbocycles. The van der Waals surface area contributed by atoms with Crippen molar-refractivity contribution < 1.29 is 22.6 Å². The van der Waals surface area contributed by atoms with Gasteiger partial charge in [0.25, 0.3) is 0 Å². The van der Waals surface area contributed by atoms with Crippen LogP contribution in [0, 0.1) is 13.8 Å². The summed E-state index contributed by atoms with van der Waals surface area (Å²) >= 11 is 0. The summed E-state index contributed by atoms with van der Waals surface area (Å²) in [4.78, 5) is 10.8. The molecule has 1 aliphatic heterocycles. The van der Waals surface area contributed by atoms with Gasteiger partial charge in [-0.25, -0.2) is 23.1 Å². The van der Waals surface area contributed by atoms with E-state index < -0.39 is 10.0 Å². The van der Waals surface area contributed by atoms with Crippen LogP contribution in [0.3, 0.4) is 0 Å². The number of hydrogen-bond donors (Lipinski definition) is 0. The zero-order chi connectivity index (χ0) is 24.5. The van der Waals surface area contributed by atoms with Gasteiger partial charge in [0.2, 0.25) is 15.8 Å². The van der Waals surface area contributed by atoms with Crippen LogP contribution in [0.2, 0.25) is 0 Å². The molecular weight excluding hydrogens is 460 g/mol. The highest BCUT2D eigenvalue weighted by molar-refractivity contribution is 7.89. The third kappa shape index (κ3) is 4.26. The van der Waals surface area contributed by atoms with Crippen molar-refractivity contribution in [1.29, 1.82) is 0 Å². The molecule has 0 radical (unpaired) electrons. The van der Waals surface area contributed by atoms with E-state index in [-0.39, 0.29) is 16.4 Å². The molecule has 1 aliphatic rings. The molecule has 1 fully saturated rings. The Hall–Kier alpha value is -3.38. The Morgan fingerprint density at radius 1 is 0.853 bits per heavy atom. The van der Waals surface area contributed by atoms with E-state index in [0.717, 1.165) is 17.2 Å². The third-order valence-corrected chi connectivity index (χ3v) is 7.64. The zero-order valence-electron chi connectivity index (χ0n) is 19.8. The van der Waals surface area contributed by atoms with Crippen LogP contribution < -0.4 is 19.1 Å². The maximum Gasteiger partial charge on any atom is 0.247 e. The number of methoxy groups -OCH3 is 3. The largest absolute Gasteiger partial charge is 0.493 e. The number of aryl methyl sites for hydroxylation is 2. The van der Waals surface area contributed by atoms with Crippen molar-refractivity contribution in [2.24, 2.45) is 0 Å². The van der Waals surface area contributed by atoms with E-state index >= 15 is 0 Å². The number of hydrogen-bond acceptors (Lipinski definition) is 9. The van der Waals surface area contributed by atoms with Gasteiger partial charge in [0, 0.05) is 37.9 Å². The summed E-state index contributed by atoms with van der Waals surface area (Å²) in [7, 11) is 0.510. The minimum absolute atomic E-state index is 0.0370. The van der Waals surface area contributed by atoms with Crippen molar-refractivity contribution in [3.05, 3.63) is 42.0 Å². The highest BCUT2D eigenvalue weighted by atomic mass is 32.2. The minimum atomic E-state index is -3.82. The molecule has 0 aliphatic carbocycles. The predicted octanol–water partition coefficient (Wildman–Crippen LogP) is 1.82. The Balaban J connectivity index is 1.54. The molecule has 0 N–H and O–H groups in total. The van der Waals surface area contributed by atoms with Crippen LogP contribution in [-0.2, 0) is 10.0 Å². The molecule has 0 atom stereocenters. The first kappa shape index (κ1) is 23.8. The van der Waals surface area contributed by atoms with Crippen LogP contribution in [0.1, 0.15) is 11.4 Å². The molecule has 11 nitrogen and oxygen atoms in total. The maximum absolute atomic E-state index is 13.5. The molecule has 34 heavy (non-hydrogen) atoms. The van der Waals surface area contributed by atoms with Gasteiger partial charge in [-0.05, 0) is 32.0 Å². The van der Waals surface area contributed by atoms with Crippen LogP contribution in [0.15, 0.2) is 35.5 Å². The Kier molecular flexibility index (Phi) is 6.62. The zero-order valence-corrected chi connectivity index (χ0v) is 20.7. The molecule has 3 aromatic rings. The Labute approximate surface area is 198 Å². The monoisotopic (exact) mass is 488 g/mol.